The molecule has 86 valence electrons. The summed E-state index contributed by atoms with van der Waals surface area (Å²) in [5, 5.41) is 4.78. The SMILES string of the molecule is C[Si](C)(C)SC#C[Si](C)(C)c1ccccc1. The van der Waals surface area contributed by atoms with E-state index in [0.29, 0.717) is 0 Å². The summed E-state index contributed by atoms with van der Waals surface area (Å²) >= 11 is 1.87. The Morgan fingerprint density at radius 2 is 1.50 bits per heavy atom. The van der Waals surface area contributed by atoms with Gasteiger partial charge in [-0.15, -0.1) is 16.8 Å². The molecule has 0 bridgehead atoms. The van der Waals surface area contributed by atoms with Crippen molar-refractivity contribution in [2.75, 3.05) is 0 Å². The zero-order valence-electron chi connectivity index (χ0n) is 10.8. The lowest BCUT2D eigenvalue weighted by atomic mass is 10.4. The maximum atomic E-state index is 3.52. The van der Waals surface area contributed by atoms with Gasteiger partial charge >= 0.3 is 0 Å². The molecule has 0 spiro atoms. The van der Waals surface area contributed by atoms with Gasteiger partial charge in [-0.05, 0) is 10.4 Å². The summed E-state index contributed by atoms with van der Waals surface area (Å²) < 4.78 is 0. The fourth-order valence-corrected chi connectivity index (χ4v) is 5.31. The molecule has 0 aliphatic heterocycles. The molecule has 1 rings (SSSR count). The Balaban J connectivity index is 2.80. The fourth-order valence-electron chi connectivity index (χ4n) is 1.23. The number of benzene rings is 1. The second-order valence-corrected chi connectivity index (χ2v) is 18.4. The zero-order valence-corrected chi connectivity index (χ0v) is 13.6. The molecular weight excluding hydrogens is 244 g/mol. The van der Waals surface area contributed by atoms with Crippen molar-refractivity contribution in [3.8, 4) is 10.8 Å². The zero-order chi connectivity index (χ0) is 12.2. The molecule has 0 N–H and O–H groups in total. The van der Waals surface area contributed by atoms with E-state index in [0.717, 1.165) is 0 Å². The molecule has 0 fully saturated rings. The Kier molecular flexibility index (Phi) is 4.48. The van der Waals surface area contributed by atoms with Crippen LogP contribution in [0.5, 0.6) is 0 Å². The summed E-state index contributed by atoms with van der Waals surface area (Å²) in [6.45, 7) is 11.6. The highest BCUT2D eigenvalue weighted by Gasteiger charge is 2.21. The monoisotopic (exact) mass is 264 g/mol. The normalized spacial score (nSPS) is 11.8. The molecule has 0 saturated carbocycles. The maximum Gasteiger partial charge on any atom is 0.163 e. The third kappa shape index (κ3) is 4.60. The summed E-state index contributed by atoms with van der Waals surface area (Å²) in [7, 11) is -2.63. The summed E-state index contributed by atoms with van der Waals surface area (Å²) in [5.74, 6) is 0. The van der Waals surface area contributed by atoms with Crippen molar-refractivity contribution < 1.29 is 0 Å². The van der Waals surface area contributed by atoms with E-state index in [4.69, 9.17) is 0 Å². The van der Waals surface area contributed by atoms with Gasteiger partial charge in [-0.25, -0.2) is 0 Å². The average molecular weight is 265 g/mol. The van der Waals surface area contributed by atoms with Gasteiger partial charge in [0.25, 0.3) is 0 Å². The van der Waals surface area contributed by atoms with Crippen molar-refractivity contribution in [2.45, 2.75) is 32.7 Å². The lowest BCUT2D eigenvalue weighted by molar-refractivity contribution is 1.72. The van der Waals surface area contributed by atoms with Crippen molar-refractivity contribution in [3.05, 3.63) is 30.3 Å². The molecule has 3 heteroatoms. The van der Waals surface area contributed by atoms with Crippen LogP contribution in [-0.2, 0) is 0 Å². The van der Waals surface area contributed by atoms with E-state index in [1.165, 1.54) is 5.19 Å². The molecule has 0 nitrogen and oxygen atoms in total. The summed E-state index contributed by atoms with van der Waals surface area (Å²) in [4.78, 5) is 0. The minimum atomic E-state index is -1.54. The van der Waals surface area contributed by atoms with Gasteiger partial charge in [-0.1, -0.05) is 63.1 Å². The first-order chi connectivity index (χ1) is 7.31. The third-order valence-corrected chi connectivity index (χ3v) is 7.88. The van der Waals surface area contributed by atoms with Crippen LogP contribution in [0.2, 0.25) is 32.7 Å². The van der Waals surface area contributed by atoms with Gasteiger partial charge in [0.1, 0.15) is 7.22 Å². The van der Waals surface area contributed by atoms with E-state index in [-0.39, 0.29) is 0 Å². The van der Waals surface area contributed by atoms with Crippen LogP contribution in [0, 0.1) is 10.8 Å². The molecular formula is C13H20SSi2. The Morgan fingerprint density at radius 3 is 2.00 bits per heavy atom. The van der Waals surface area contributed by atoms with Gasteiger partial charge < -0.3 is 0 Å². The molecule has 0 saturated heterocycles. The predicted molar refractivity (Wildman–Crippen MR) is 82.3 cm³/mol. The average Bonchev–Trinajstić information content (AvgIpc) is 2.17. The van der Waals surface area contributed by atoms with E-state index < -0.39 is 15.3 Å². The second-order valence-electron chi connectivity index (χ2n) is 5.43. The van der Waals surface area contributed by atoms with Crippen LogP contribution in [0.4, 0.5) is 0 Å². The molecule has 16 heavy (non-hydrogen) atoms. The molecule has 0 aliphatic rings. The summed E-state index contributed by atoms with van der Waals surface area (Å²) in [6, 6.07) is 10.7. The molecule has 0 unspecified atom stereocenters. The van der Waals surface area contributed by atoms with Crippen molar-refractivity contribution in [1.29, 1.82) is 0 Å². The maximum absolute atomic E-state index is 3.52. The topological polar surface area (TPSA) is 0 Å². The lowest BCUT2D eigenvalue weighted by Crippen LogP contribution is -2.39. The summed E-state index contributed by atoms with van der Waals surface area (Å²) in [5.41, 5.74) is 3.52. The van der Waals surface area contributed by atoms with Crippen LogP contribution < -0.4 is 5.19 Å². The highest BCUT2D eigenvalue weighted by molar-refractivity contribution is 8.32. The van der Waals surface area contributed by atoms with Crippen molar-refractivity contribution in [3.63, 3.8) is 0 Å². The van der Waals surface area contributed by atoms with E-state index in [1.807, 2.05) is 11.2 Å². The Morgan fingerprint density at radius 1 is 0.938 bits per heavy atom. The van der Waals surface area contributed by atoms with Crippen molar-refractivity contribution in [2.24, 2.45) is 0 Å². The van der Waals surface area contributed by atoms with Crippen LogP contribution in [0.3, 0.4) is 0 Å². The molecule has 0 radical (unpaired) electrons. The Hall–Kier alpha value is -0.436. The largest absolute Gasteiger partial charge is 0.163 e. The molecule has 0 amide bonds. The Bertz CT molecular complexity index is 393. The first-order valence-electron chi connectivity index (χ1n) is 5.57. The lowest BCUT2D eigenvalue weighted by Gasteiger charge is -2.15. The second kappa shape index (κ2) is 5.26. The predicted octanol–water partition coefficient (Wildman–Crippen LogP) is 3.67. The Labute approximate surface area is 106 Å². The molecule has 0 aliphatic carbocycles. The van der Waals surface area contributed by atoms with Gasteiger partial charge in [0.15, 0.2) is 8.07 Å². The third-order valence-electron chi connectivity index (χ3n) is 2.22. The van der Waals surface area contributed by atoms with Gasteiger partial charge in [0, 0.05) is 0 Å². The first kappa shape index (κ1) is 13.6. The van der Waals surface area contributed by atoms with Crippen LogP contribution in [-0.4, -0.2) is 15.3 Å². The quantitative estimate of drug-likeness (QED) is 0.580. The van der Waals surface area contributed by atoms with Crippen LogP contribution in [0.15, 0.2) is 30.3 Å². The van der Waals surface area contributed by atoms with Gasteiger partial charge in [0.2, 0.25) is 0 Å². The highest BCUT2D eigenvalue weighted by Crippen LogP contribution is 2.17. The van der Waals surface area contributed by atoms with E-state index in [1.54, 1.807) is 0 Å². The van der Waals surface area contributed by atoms with Crippen LogP contribution in [0.1, 0.15) is 0 Å². The fraction of sp³-hybridized carbons (Fsp3) is 0.385. The smallest absolute Gasteiger partial charge is 0.115 e. The van der Waals surface area contributed by atoms with E-state index in [9.17, 15) is 0 Å². The minimum Gasteiger partial charge on any atom is -0.115 e. The van der Waals surface area contributed by atoms with E-state index >= 15 is 0 Å². The van der Waals surface area contributed by atoms with Gasteiger partial charge in [-0.2, -0.15) is 0 Å². The summed E-state index contributed by atoms with van der Waals surface area (Å²) in [6.07, 6.45) is 0. The minimum absolute atomic E-state index is 1.09. The highest BCUT2D eigenvalue weighted by atomic mass is 32.4. The number of hydrogen-bond donors (Lipinski definition) is 0. The van der Waals surface area contributed by atoms with Crippen molar-refractivity contribution >= 4 is 31.7 Å². The molecule has 0 atom stereocenters. The van der Waals surface area contributed by atoms with Gasteiger partial charge in [0.05, 0.1) is 0 Å². The molecule has 0 heterocycles. The standard InChI is InChI=1S/C13H20SSi2/c1-15(2,3)14-11-12-16(4,5)13-9-7-6-8-10-13/h6-10H,1-5H3. The number of rotatable bonds is 2. The molecule has 1 aromatic carbocycles. The van der Waals surface area contributed by atoms with Crippen LogP contribution >= 0.6 is 11.2 Å². The first-order valence-corrected chi connectivity index (χ1v) is 13.6. The number of hydrogen-bond acceptors (Lipinski definition) is 1. The molecule has 1 aromatic rings. The van der Waals surface area contributed by atoms with Crippen molar-refractivity contribution in [1.82, 2.24) is 0 Å². The molecule has 0 aromatic heterocycles. The van der Waals surface area contributed by atoms with E-state index in [2.05, 4.69) is 73.9 Å². The van der Waals surface area contributed by atoms with Gasteiger partial charge in [-0.3, -0.25) is 0 Å². The van der Waals surface area contributed by atoms with Crippen LogP contribution in [0.25, 0.3) is 0 Å².